The van der Waals surface area contributed by atoms with Crippen molar-refractivity contribution in [3.63, 3.8) is 0 Å². The van der Waals surface area contributed by atoms with E-state index in [1.165, 1.54) is 71.0 Å². The van der Waals surface area contributed by atoms with E-state index >= 15 is 0 Å². The van der Waals surface area contributed by atoms with Crippen LogP contribution in [0.1, 0.15) is 62.0 Å². The molecular weight excluding hydrogens is 230 g/mol. The molecule has 1 fully saturated rings. The molecule has 1 aromatic rings. The van der Waals surface area contributed by atoms with Crippen LogP contribution >= 0.6 is 0 Å². The molecule has 1 heterocycles. The van der Waals surface area contributed by atoms with Gasteiger partial charge in [0.1, 0.15) is 0 Å². The minimum Gasteiger partial charge on any atom is -0.303 e. The van der Waals surface area contributed by atoms with E-state index in [0.29, 0.717) is 0 Å². The summed E-state index contributed by atoms with van der Waals surface area (Å²) in [4.78, 5) is 2.68. The molecule has 1 aliphatic carbocycles. The van der Waals surface area contributed by atoms with Crippen LogP contribution in [0.2, 0.25) is 0 Å². The van der Waals surface area contributed by atoms with Crippen molar-refractivity contribution in [2.24, 2.45) is 0 Å². The molecule has 0 spiro atoms. The van der Waals surface area contributed by atoms with Gasteiger partial charge in [-0.05, 0) is 81.6 Å². The van der Waals surface area contributed by atoms with Crippen molar-refractivity contribution in [3.05, 3.63) is 35.4 Å². The Labute approximate surface area is 118 Å². The SMILES string of the molecule is c1ccc2c(c1)CCC[C@@H]2CCCN1CCCCC1. The van der Waals surface area contributed by atoms with Crippen LogP contribution in [-0.4, -0.2) is 24.5 Å². The molecule has 0 unspecified atom stereocenters. The van der Waals surface area contributed by atoms with Crippen molar-refractivity contribution in [1.82, 2.24) is 4.90 Å². The summed E-state index contributed by atoms with van der Waals surface area (Å²) < 4.78 is 0. The fraction of sp³-hybridized carbons (Fsp3) is 0.667. The molecule has 2 aliphatic rings. The van der Waals surface area contributed by atoms with E-state index < -0.39 is 0 Å². The number of aryl methyl sites for hydroxylation is 1. The lowest BCUT2D eigenvalue weighted by Gasteiger charge is -2.29. The maximum atomic E-state index is 2.68. The molecule has 0 N–H and O–H groups in total. The Balaban J connectivity index is 1.50. The largest absolute Gasteiger partial charge is 0.303 e. The second-order valence-electron chi connectivity index (χ2n) is 6.33. The van der Waals surface area contributed by atoms with Crippen LogP contribution in [0.25, 0.3) is 0 Å². The first-order chi connectivity index (χ1) is 9.43. The molecule has 1 saturated heterocycles. The van der Waals surface area contributed by atoms with Crippen molar-refractivity contribution in [2.75, 3.05) is 19.6 Å². The van der Waals surface area contributed by atoms with E-state index in [0.717, 1.165) is 5.92 Å². The van der Waals surface area contributed by atoms with Crippen molar-refractivity contribution in [3.8, 4) is 0 Å². The van der Waals surface area contributed by atoms with Gasteiger partial charge in [-0.25, -0.2) is 0 Å². The molecule has 0 bridgehead atoms. The molecule has 1 nitrogen and oxygen atoms in total. The van der Waals surface area contributed by atoms with Gasteiger partial charge < -0.3 is 4.90 Å². The minimum atomic E-state index is 0.842. The summed E-state index contributed by atoms with van der Waals surface area (Å²) in [6, 6.07) is 9.14. The Hall–Kier alpha value is -0.820. The highest BCUT2D eigenvalue weighted by Gasteiger charge is 2.19. The first-order valence-electron chi connectivity index (χ1n) is 8.23. The molecular formula is C18H27N. The van der Waals surface area contributed by atoms with Gasteiger partial charge in [0.2, 0.25) is 0 Å². The standard InChI is InChI=1S/C18H27N/c1-4-13-19(14-5-1)15-7-11-17-10-6-9-16-8-2-3-12-18(16)17/h2-3,8,12,17H,1,4-7,9-11,13-15H2/t17-/m1/s1. The lowest BCUT2D eigenvalue weighted by atomic mass is 9.80. The smallest absolute Gasteiger partial charge is 0.00185 e. The zero-order chi connectivity index (χ0) is 12.9. The Morgan fingerprint density at radius 3 is 2.74 bits per heavy atom. The van der Waals surface area contributed by atoms with Gasteiger partial charge in [0, 0.05) is 0 Å². The molecule has 1 atom stereocenters. The average molecular weight is 257 g/mol. The van der Waals surface area contributed by atoms with Crippen LogP contribution in [0, 0.1) is 0 Å². The number of hydrogen-bond donors (Lipinski definition) is 0. The molecule has 0 amide bonds. The van der Waals surface area contributed by atoms with Gasteiger partial charge in [0.15, 0.2) is 0 Å². The van der Waals surface area contributed by atoms with Gasteiger partial charge in [-0.15, -0.1) is 0 Å². The normalized spacial score (nSPS) is 24.1. The number of hydrogen-bond acceptors (Lipinski definition) is 1. The molecule has 0 radical (unpaired) electrons. The number of nitrogens with zero attached hydrogens (tertiary/aromatic N) is 1. The number of likely N-dealkylation sites (tertiary alicyclic amines) is 1. The number of benzene rings is 1. The maximum absolute atomic E-state index is 2.68. The number of rotatable bonds is 4. The van der Waals surface area contributed by atoms with E-state index in [-0.39, 0.29) is 0 Å². The van der Waals surface area contributed by atoms with Crippen LogP contribution < -0.4 is 0 Å². The lowest BCUT2D eigenvalue weighted by molar-refractivity contribution is 0.222. The first-order valence-corrected chi connectivity index (χ1v) is 8.23. The Morgan fingerprint density at radius 2 is 1.84 bits per heavy atom. The first kappa shape index (κ1) is 13.2. The van der Waals surface area contributed by atoms with Crippen molar-refractivity contribution in [1.29, 1.82) is 0 Å². The number of fused-ring (bicyclic) bond motifs is 1. The summed E-state index contributed by atoms with van der Waals surface area (Å²) in [5.41, 5.74) is 3.28. The Kier molecular flexibility index (Phi) is 4.55. The molecule has 3 rings (SSSR count). The highest BCUT2D eigenvalue weighted by molar-refractivity contribution is 5.32. The second-order valence-corrected chi connectivity index (χ2v) is 6.33. The van der Waals surface area contributed by atoms with Crippen LogP contribution in [0.4, 0.5) is 0 Å². The van der Waals surface area contributed by atoms with Crippen molar-refractivity contribution >= 4 is 0 Å². The van der Waals surface area contributed by atoms with Gasteiger partial charge in [0.05, 0.1) is 0 Å². The Bertz CT molecular complexity index is 392. The predicted octanol–water partition coefficient (Wildman–Crippen LogP) is 4.37. The van der Waals surface area contributed by atoms with Gasteiger partial charge >= 0.3 is 0 Å². The zero-order valence-corrected chi connectivity index (χ0v) is 12.1. The van der Waals surface area contributed by atoms with E-state index in [4.69, 9.17) is 0 Å². The average Bonchev–Trinajstić information content (AvgIpc) is 2.49. The summed E-state index contributed by atoms with van der Waals surface area (Å²) in [5, 5.41) is 0. The van der Waals surface area contributed by atoms with E-state index in [2.05, 4.69) is 29.2 Å². The fourth-order valence-corrected chi connectivity index (χ4v) is 3.90. The lowest BCUT2D eigenvalue weighted by Crippen LogP contribution is -2.30. The summed E-state index contributed by atoms with van der Waals surface area (Å²) in [5.74, 6) is 0.842. The highest BCUT2D eigenvalue weighted by atomic mass is 15.1. The van der Waals surface area contributed by atoms with Crippen LogP contribution in [0.15, 0.2) is 24.3 Å². The van der Waals surface area contributed by atoms with E-state index in [1.807, 2.05) is 0 Å². The maximum Gasteiger partial charge on any atom is -0.00185 e. The predicted molar refractivity (Wildman–Crippen MR) is 81.6 cm³/mol. The van der Waals surface area contributed by atoms with Crippen molar-refractivity contribution in [2.45, 2.75) is 57.3 Å². The third-order valence-electron chi connectivity index (χ3n) is 4.97. The zero-order valence-electron chi connectivity index (χ0n) is 12.1. The molecule has 19 heavy (non-hydrogen) atoms. The van der Waals surface area contributed by atoms with Gasteiger partial charge in [0.25, 0.3) is 0 Å². The summed E-state index contributed by atoms with van der Waals surface area (Å²) >= 11 is 0. The number of piperidine rings is 1. The quantitative estimate of drug-likeness (QED) is 0.774. The molecule has 1 heteroatoms. The van der Waals surface area contributed by atoms with Crippen LogP contribution in [-0.2, 0) is 6.42 Å². The summed E-state index contributed by atoms with van der Waals surface area (Å²) in [6.07, 6.45) is 11.2. The highest BCUT2D eigenvalue weighted by Crippen LogP contribution is 2.34. The molecule has 1 aliphatic heterocycles. The molecule has 0 aromatic heterocycles. The summed E-state index contributed by atoms with van der Waals surface area (Å²) in [7, 11) is 0. The minimum absolute atomic E-state index is 0.842. The van der Waals surface area contributed by atoms with E-state index in [1.54, 1.807) is 11.1 Å². The molecule has 1 aromatic carbocycles. The summed E-state index contributed by atoms with van der Waals surface area (Å²) in [6.45, 7) is 4.03. The third kappa shape index (κ3) is 3.39. The fourth-order valence-electron chi connectivity index (χ4n) is 3.90. The van der Waals surface area contributed by atoms with E-state index in [9.17, 15) is 0 Å². The van der Waals surface area contributed by atoms with Crippen LogP contribution in [0.5, 0.6) is 0 Å². The van der Waals surface area contributed by atoms with Gasteiger partial charge in [-0.3, -0.25) is 0 Å². The third-order valence-corrected chi connectivity index (χ3v) is 4.97. The monoisotopic (exact) mass is 257 g/mol. The van der Waals surface area contributed by atoms with Gasteiger partial charge in [-0.2, -0.15) is 0 Å². The Morgan fingerprint density at radius 1 is 1.00 bits per heavy atom. The second kappa shape index (κ2) is 6.56. The van der Waals surface area contributed by atoms with Crippen molar-refractivity contribution < 1.29 is 0 Å². The topological polar surface area (TPSA) is 3.24 Å². The molecule has 104 valence electrons. The van der Waals surface area contributed by atoms with Crippen LogP contribution in [0.3, 0.4) is 0 Å². The van der Waals surface area contributed by atoms with Gasteiger partial charge in [-0.1, -0.05) is 30.7 Å². The molecule has 0 saturated carbocycles.